The average Bonchev–Trinajstić information content (AvgIpc) is 2.82. The Kier molecular flexibility index (Phi) is 4.66. The molecular formula is C13H21NO3S2. The third-order valence-corrected chi connectivity index (χ3v) is 6.79. The topological polar surface area (TPSA) is 66.4 Å². The molecule has 0 amide bonds. The number of thiophene rings is 1. The van der Waals surface area contributed by atoms with Crippen molar-refractivity contribution in [2.24, 2.45) is 11.8 Å². The molecule has 1 aliphatic carbocycles. The molecule has 0 spiro atoms. The van der Waals surface area contributed by atoms with Crippen LogP contribution < -0.4 is 4.72 Å². The molecule has 1 fully saturated rings. The third kappa shape index (κ3) is 3.56. The number of rotatable bonds is 4. The fraction of sp³-hybridized carbons (Fsp3) is 0.692. The van der Waals surface area contributed by atoms with Gasteiger partial charge in [-0.2, -0.15) is 0 Å². The van der Waals surface area contributed by atoms with E-state index in [1.165, 1.54) is 0 Å². The molecule has 1 heterocycles. The Balaban J connectivity index is 2.08. The number of hydrogen-bond donors (Lipinski definition) is 2. The van der Waals surface area contributed by atoms with Crippen molar-refractivity contribution in [1.29, 1.82) is 0 Å². The van der Waals surface area contributed by atoms with E-state index in [0.29, 0.717) is 21.6 Å². The van der Waals surface area contributed by atoms with Crippen LogP contribution >= 0.6 is 11.3 Å². The van der Waals surface area contributed by atoms with Crippen LogP contribution in [-0.4, -0.2) is 19.6 Å². The summed E-state index contributed by atoms with van der Waals surface area (Å²) in [6, 6.07) is 1.57. The van der Waals surface area contributed by atoms with Gasteiger partial charge in [0, 0.05) is 6.04 Å². The van der Waals surface area contributed by atoms with E-state index in [-0.39, 0.29) is 12.6 Å². The maximum absolute atomic E-state index is 12.3. The Labute approximate surface area is 118 Å². The lowest BCUT2D eigenvalue weighted by atomic mass is 9.80. The Morgan fingerprint density at radius 1 is 1.42 bits per heavy atom. The van der Waals surface area contributed by atoms with Gasteiger partial charge in [0.2, 0.25) is 10.0 Å². The molecule has 1 aliphatic rings. The van der Waals surface area contributed by atoms with Crippen molar-refractivity contribution in [1.82, 2.24) is 4.72 Å². The van der Waals surface area contributed by atoms with Crippen molar-refractivity contribution in [3.63, 3.8) is 0 Å². The fourth-order valence-corrected chi connectivity index (χ4v) is 5.27. The summed E-state index contributed by atoms with van der Waals surface area (Å²) >= 11 is 1.16. The van der Waals surface area contributed by atoms with Crippen LogP contribution in [0.15, 0.2) is 15.7 Å². The molecule has 2 rings (SSSR count). The first-order valence-electron chi connectivity index (χ1n) is 6.63. The molecule has 4 nitrogen and oxygen atoms in total. The summed E-state index contributed by atoms with van der Waals surface area (Å²) < 4.78 is 27.7. The lowest BCUT2D eigenvalue weighted by molar-refractivity contribution is 0.249. The van der Waals surface area contributed by atoms with Crippen LogP contribution in [0.3, 0.4) is 0 Å². The SMILES string of the molecule is CC1CCC(NS(=O)(=O)c2cc(CO)cs2)C(C)C1. The summed E-state index contributed by atoms with van der Waals surface area (Å²) in [5, 5.41) is 10.7. The van der Waals surface area contributed by atoms with Crippen LogP contribution in [0.25, 0.3) is 0 Å². The molecule has 3 atom stereocenters. The summed E-state index contributed by atoms with van der Waals surface area (Å²) in [6.45, 7) is 4.20. The van der Waals surface area contributed by atoms with Crippen LogP contribution in [0.1, 0.15) is 38.7 Å². The maximum atomic E-state index is 12.3. The van der Waals surface area contributed by atoms with Crippen molar-refractivity contribution in [3.05, 3.63) is 17.0 Å². The molecule has 19 heavy (non-hydrogen) atoms. The monoisotopic (exact) mass is 303 g/mol. The number of nitrogens with one attached hydrogen (secondary N) is 1. The standard InChI is InChI=1S/C13H21NO3S2/c1-9-3-4-12(10(2)5-9)14-19(16,17)13-6-11(7-15)8-18-13/h6,8-10,12,14-15H,3-5,7H2,1-2H3. The third-order valence-electron chi connectivity index (χ3n) is 3.82. The quantitative estimate of drug-likeness (QED) is 0.897. The van der Waals surface area contributed by atoms with Gasteiger partial charge >= 0.3 is 0 Å². The van der Waals surface area contributed by atoms with E-state index >= 15 is 0 Å². The summed E-state index contributed by atoms with van der Waals surface area (Å²) in [5.41, 5.74) is 0.649. The number of aliphatic hydroxyl groups is 1. The van der Waals surface area contributed by atoms with Gasteiger partial charge in [0.15, 0.2) is 0 Å². The van der Waals surface area contributed by atoms with E-state index < -0.39 is 10.0 Å². The van der Waals surface area contributed by atoms with Gasteiger partial charge in [-0.05, 0) is 48.1 Å². The second-order valence-electron chi connectivity index (χ2n) is 5.56. The molecule has 0 bridgehead atoms. The predicted molar refractivity (Wildman–Crippen MR) is 76.5 cm³/mol. The van der Waals surface area contributed by atoms with Gasteiger partial charge in [0.1, 0.15) is 4.21 Å². The molecule has 0 radical (unpaired) electrons. The molecule has 0 saturated heterocycles. The van der Waals surface area contributed by atoms with Crippen LogP contribution in [0.5, 0.6) is 0 Å². The smallest absolute Gasteiger partial charge is 0.250 e. The van der Waals surface area contributed by atoms with E-state index in [0.717, 1.165) is 30.6 Å². The van der Waals surface area contributed by atoms with Crippen LogP contribution in [0, 0.1) is 11.8 Å². The molecular weight excluding hydrogens is 282 g/mol. The van der Waals surface area contributed by atoms with Gasteiger partial charge in [-0.1, -0.05) is 13.8 Å². The Morgan fingerprint density at radius 3 is 2.74 bits per heavy atom. The van der Waals surface area contributed by atoms with Crippen LogP contribution in [0.4, 0.5) is 0 Å². The molecule has 0 aromatic carbocycles. The van der Waals surface area contributed by atoms with E-state index in [4.69, 9.17) is 5.11 Å². The molecule has 1 aromatic rings. The largest absolute Gasteiger partial charge is 0.392 e. The number of hydrogen-bond acceptors (Lipinski definition) is 4. The van der Waals surface area contributed by atoms with Crippen molar-refractivity contribution in [3.8, 4) is 0 Å². The van der Waals surface area contributed by atoms with E-state index in [1.807, 2.05) is 0 Å². The zero-order valence-electron chi connectivity index (χ0n) is 11.3. The lowest BCUT2D eigenvalue weighted by Crippen LogP contribution is -2.42. The first kappa shape index (κ1) is 15.0. The van der Waals surface area contributed by atoms with Crippen molar-refractivity contribution >= 4 is 21.4 Å². The maximum Gasteiger partial charge on any atom is 0.250 e. The van der Waals surface area contributed by atoms with E-state index in [9.17, 15) is 8.42 Å². The minimum absolute atomic E-state index is 0.0286. The van der Waals surface area contributed by atoms with Gasteiger partial charge in [0.05, 0.1) is 6.61 Å². The summed E-state index contributed by atoms with van der Waals surface area (Å²) in [4.78, 5) is 0. The zero-order valence-corrected chi connectivity index (χ0v) is 12.9. The summed E-state index contributed by atoms with van der Waals surface area (Å²) in [7, 11) is -3.44. The van der Waals surface area contributed by atoms with Gasteiger partial charge < -0.3 is 5.11 Å². The molecule has 0 aliphatic heterocycles. The minimum Gasteiger partial charge on any atom is -0.392 e. The normalized spacial score (nSPS) is 28.5. The van der Waals surface area contributed by atoms with Crippen LogP contribution in [0.2, 0.25) is 0 Å². The Bertz CT molecular complexity index is 524. The van der Waals surface area contributed by atoms with Crippen molar-refractivity contribution in [2.75, 3.05) is 0 Å². The first-order chi connectivity index (χ1) is 8.92. The second-order valence-corrected chi connectivity index (χ2v) is 8.41. The second kappa shape index (κ2) is 5.91. The Morgan fingerprint density at radius 2 is 2.16 bits per heavy atom. The molecule has 6 heteroatoms. The average molecular weight is 303 g/mol. The summed E-state index contributed by atoms with van der Waals surface area (Å²) in [6.07, 6.45) is 3.04. The van der Waals surface area contributed by atoms with Gasteiger partial charge in [0.25, 0.3) is 0 Å². The predicted octanol–water partition coefficient (Wildman–Crippen LogP) is 2.34. The highest BCUT2D eigenvalue weighted by atomic mass is 32.2. The highest BCUT2D eigenvalue weighted by molar-refractivity contribution is 7.91. The highest BCUT2D eigenvalue weighted by Crippen LogP contribution is 2.30. The van der Waals surface area contributed by atoms with Gasteiger partial charge in [-0.3, -0.25) is 0 Å². The molecule has 1 saturated carbocycles. The van der Waals surface area contributed by atoms with Crippen LogP contribution in [-0.2, 0) is 16.6 Å². The number of aliphatic hydroxyl groups excluding tert-OH is 1. The molecule has 2 N–H and O–H groups in total. The highest BCUT2D eigenvalue weighted by Gasteiger charge is 2.29. The van der Waals surface area contributed by atoms with Gasteiger partial charge in [-0.25, -0.2) is 13.1 Å². The minimum atomic E-state index is -3.44. The van der Waals surface area contributed by atoms with E-state index in [2.05, 4.69) is 18.6 Å². The summed E-state index contributed by atoms with van der Waals surface area (Å²) in [5.74, 6) is 1.05. The van der Waals surface area contributed by atoms with Crippen molar-refractivity contribution in [2.45, 2.75) is 50.0 Å². The molecule has 1 aromatic heterocycles. The van der Waals surface area contributed by atoms with Crippen molar-refractivity contribution < 1.29 is 13.5 Å². The number of sulfonamides is 1. The zero-order chi connectivity index (χ0) is 14.0. The lowest BCUT2D eigenvalue weighted by Gasteiger charge is -2.32. The van der Waals surface area contributed by atoms with E-state index in [1.54, 1.807) is 11.4 Å². The molecule has 108 valence electrons. The first-order valence-corrected chi connectivity index (χ1v) is 8.99. The molecule has 3 unspecified atom stereocenters. The Hall–Kier alpha value is -0.430. The van der Waals surface area contributed by atoms with Gasteiger partial charge in [-0.15, -0.1) is 11.3 Å². The fourth-order valence-electron chi connectivity index (χ4n) is 2.67.